The van der Waals surface area contributed by atoms with Crippen LogP contribution in [0.4, 0.5) is 4.79 Å². The van der Waals surface area contributed by atoms with Crippen molar-refractivity contribution in [3.63, 3.8) is 0 Å². The molecule has 2 aromatic carbocycles. The average Bonchev–Trinajstić information content (AvgIpc) is 2.95. The number of hydrogen-bond acceptors (Lipinski definition) is 6. The summed E-state index contributed by atoms with van der Waals surface area (Å²) in [6.07, 6.45) is -2.08. The van der Waals surface area contributed by atoms with Crippen LogP contribution in [0, 0.1) is 0 Å². The van der Waals surface area contributed by atoms with Gasteiger partial charge in [0.05, 0.1) is 12.7 Å². The Morgan fingerprint density at radius 1 is 1.00 bits per heavy atom. The summed E-state index contributed by atoms with van der Waals surface area (Å²) in [6, 6.07) is 18.4. The molecule has 0 aromatic heterocycles. The highest BCUT2D eigenvalue weighted by Gasteiger charge is 2.57. The number of ether oxygens (including phenoxy) is 2. The average molecular weight is 424 g/mol. The number of aliphatic hydroxyl groups excluding tert-OH is 1. The molecule has 0 aliphatic carbocycles. The molecule has 7 heteroatoms. The number of esters is 1. The number of amides is 1. The van der Waals surface area contributed by atoms with Gasteiger partial charge in [-0.05, 0) is 38.8 Å². The first-order chi connectivity index (χ1) is 14.6. The van der Waals surface area contributed by atoms with E-state index in [-0.39, 0.29) is 5.57 Å². The Labute approximate surface area is 182 Å². The molecule has 7 nitrogen and oxygen atoms in total. The van der Waals surface area contributed by atoms with Crippen molar-refractivity contribution in [1.29, 1.82) is 0 Å². The molecular formula is C24H28N2O5. The molecule has 1 aliphatic heterocycles. The van der Waals surface area contributed by atoms with Crippen LogP contribution < -0.4 is 5.43 Å². The van der Waals surface area contributed by atoms with Crippen LogP contribution in [-0.2, 0) is 19.7 Å². The predicted octanol–water partition coefficient (Wildman–Crippen LogP) is 3.49. The molecule has 0 radical (unpaired) electrons. The first-order valence-electron chi connectivity index (χ1n) is 10.0. The second-order valence-corrected chi connectivity index (χ2v) is 8.35. The van der Waals surface area contributed by atoms with Crippen molar-refractivity contribution in [2.75, 3.05) is 7.11 Å². The molecule has 2 N–H and O–H groups in total. The zero-order chi connectivity index (χ0) is 22.8. The standard InChI is InChI=1S/C24H28N2O5/c1-16-19(20(27)30-5)24(17-12-8-6-9-13-17,18-14-10-7-11-15-18)21(28)26(16)25-22(29)31-23(2,3)4/h6-15,21,28H,1-5H3,(H,25,29). The molecule has 1 atom stereocenters. The molecule has 1 amide bonds. The summed E-state index contributed by atoms with van der Waals surface area (Å²) < 4.78 is 10.5. The Kier molecular flexibility index (Phi) is 6.08. The summed E-state index contributed by atoms with van der Waals surface area (Å²) in [5.41, 5.74) is 2.53. The van der Waals surface area contributed by atoms with Gasteiger partial charge < -0.3 is 14.6 Å². The fraction of sp³-hybridized carbons (Fsp3) is 0.333. The summed E-state index contributed by atoms with van der Waals surface area (Å²) in [7, 11) is 1.29. The number of nitrogens with one attached hydrogen (secondary N) is 1. The van der Waals surface area contributed by atoms with Crippen molar-refractivity contribution >= 4 is 12.1 Å². The highest BCUT2D eigenvalue weighted by molar-refractivity contribution is 5.95. The molecule has 164 valence electrons. The fourth-order valence-corrected chi connectivity index (χ4v) is 4.02. The number of nitrogens with zero attached hydrogens (tertiary/aromatic N) is 1. The normalized spacial score (nSPS) is 18.0. The van der Waals surface area contributed by atoms with Gasteiger partial charge in [0.1, 0.15) is 11.0 Å². The first-order valence-corrected chi connectivity index (χ1v) is 10.0. The third-order valence-corrected chi connectivity index (χ3v) is 5.21. The van der Waals surface area contributed by atoms with E-state index in [0.29, 0.717) is 16.8 Å². The summed E-state index contributed by atoms with van der Waals surface area (Å²) in [6.45, 7) is 6.88. The smallest absolute Gasteiger partial charge is 0.426 e. The molecule has 0 spiro atoms. The van der Waals surface area contributed by atoms with Gasteiger partial charge in [0.15, 0.2) is 6.23 Å². The van der Waals surface area contributed by atoms with E-state index in [2.05, 4.69) is 5.43 Å². The summed E-state index contributed by atoms with van der Waals surface area (Å²) >= 11 is 0. The van der Waals surface area contributed by atoms with Gasteiger partial charge in [-0.2, -0.15) is 0 Å². The molecule has 0 fully saturated rings. The molecule has 3 rings (SSSR count). The number of benzene rings is 2. The van der Waals surface area contributed by atoms with Crippen LogP contribution in [0.5, 0.6) is 0 Å². The van der Waals surface area contributed by atoms with Crippen LogP contribution in [0.2, 0.25) is 0 Å². The highest BCUT2D eigenvalue weighted by atomic mass is 16.6. The van der Waals surface area contributed by atoms with Crippen LogP contribution in [0.1, 0.15) is 38.8 Å². The van der Waals surface area contributed by atoms with Crippen LogP contribution in [0.15, 0.2) is 71.9 Å². The van der Waals surface area contributed by atoms with Gasteiger partial charge in [-0.25, -0.2) is 15.0 Å². The van der Waals surface area contributed by atoms with E-state index in [0.717, 1.165) is 0 Å². The van der Waals surface area contributed by atoms with Crippen LogP contribution >= 0.6 is 0 Å². The fourth-order valence-electron chi connectivity index (χ4n) is 4.02. The molecule has 0 saturated heterocycles. The number of hydrogen-bond donors (Lipinski definition) is 2. The lowest BCUT2D eigenvalue weighted by Crippen LogP contribution is -2.53. The van der Waals surface area contributed by atoms with E-state index in [4.69, 9.17) is 9.47 Å². The van der Waals surface area contributed by atoms with Gasteiger partial charge in [0.2, 0.25) is 0 Å². The molecule has 1 unspecified atom stereocenters. The van der Waals surface area contributed by atoms with Gasteiger partial charge >= 0.3 is 12.1 Å². The molecule has 1 aliphatic rings. The van der Waals surface area contributed by atoms with Gasteiger partial charge in [-0.3, -0.25) is 5.01 Å². The molecular weight excluding hydrogens is 396 g/mol. The monoisotopic (exact) mass is 424 g/mol. The number of rotatable bonds is 4. The largest absolute Gasteiger partial charge is 0.466 e. The summed E-state index contributed by atoms with van der Waals surface area (Å²) in [5.74, 6) is -0.599. The van der Waals surface area contributed by atoms with Crippen molar-refractivity contribution in [3.8, 4) is 0 Å². The zero-order valence-corrected chi connectivity index (χ0v) is 18.4. The van der Waals surface area contributed by atoms with E-state index in [9.17, 15) is 14.7 Å². The second kappa shape index (κ2) is 8.43. The molecule has 0 saturated carbocycles. The SMILES string of the molecule is COC(=O)C1=C(C)N(NC(=O)OC(C)(C)C)C(O)C1(c1ccccc1)c1ccccc1. The minimum atomic E-state index is -1.33. The van der Waals surface area contributed by atoms with Crippen LogP contribution in [0.3, 0.4) is 0 Å². The molecule has 0 bridgehead atoms. The van der Waals surface area contributed by atoms with E-state index in [1.807, 2.05) is 60.7 Å². The Balaban J connectivity index is 2.22. The third kappa shape index (κ3) is 4.01. The number of methoxy groups -OCH3 is 1. The molecule has 2 aromatic rings. The van der Waals surface area contributed by atoms with E-state index in [1.165, 1.54) is 12.1 Å². The van der Waals surface area contributed by atoms with Crippen molar-refractivity contribution in [2.24, 2.45) is 0 Å². The molecule has 31 heavy (non-hydrogen) atoms. The summed E-state index contributed by atoms with van der Waals surface area (Å²) in [5, 5.41) is 12.9. The maximum atomic E-state index is 13.0. The lowest BCUT2D eigenvalue weighted by atomic mass is 9.69. The van der Waals surface area contributed by atoms with E-state index < -0.39 is 29.3 Å². The zero-order valence-electron chi connectivity index (χ0n) is 18.4. The number of carbonyl (C=O) groups is 2. The first kappa shape index (κ1) is 22.4. The highest BCUT2D eigenvalue weighted by Crippen LogP contribution is 2.50. The van der Waals surface area contributed by atoms with Crippen molar-refractivity contribution in [2.45, 2.75) is 44.9 Å². The van der Waals surface area contributed by atoms with Crippen molar-refractivity contribution in [3.05, 3.63) is 83.1 Å². The van der Waals surface area contributed by atoms with Gasteiger partial charge in [0.25, 0.3) is 0 Å². The minimum absolute atomic E-state index is 0.232. The Bertz CT molecular complexity index is 941. The van der Waals surface area contributed by atoms with Crippen LogP contribution in [-0.4, -0.2) is 41.1 Å². The number of hydrazine groups is 1. The van der Waals surface area contributed by atoms with Gasteiger partial charge in [0, 0.05) is 5.70 Å². The number of allylic oxidation sites excluding steroid dienone is 1. The molecule has 1 heterocycles. The number of carbonyl (C=O) groups excluding carboxylic acids is 2. The van der Waals surface area contributed by atoms with Crippen molar-refractivity contribution < 1.29 is 24.2 Å². The summed E-state index contributed by atoms with van der Waals surface area (Å²) in [4.78, 5) is 25.5. The lowest BCUT2D eigenvalue weighted by molar-refractivity contribution is -0.137. The third-order valence-electron chi connectivity index (χ3n) is 5.21. The predicted molar refractivity (Wildman–Crippen MR) is 116 cm³/mol. The minimum Gasteiger partial charge on any atom is -0.466 e. The maximum absolute atomic E-state index is 13.0. The quantitative estimate of drug-likeness (QED) is 0.731. The topological polar surface area (TPSA) is 88.1 Å². The maximum Gasteiger partial charge on any atom is 0.426 e. The van der Waals surface area contributed by atoms with E-state index in [1.54, 1.807) is 27.7 Å². The van der Waals surface area contributed by atoms with Gasteiger partial charge in [-0.15, -0.1) is 0 Å². The Hall–Kier alpha value is -3.32. The van der Waals surface area contributed by atoms with Crippen LogP contribution in [0.25, 0.3) is 0 Å². The Morgan fingerprint density at radius 3 is 1.90 bits per heavy atom. The van der Waals surface area contributed by atoms with Gasteiger partial charge in [-0.1, -0.05) is 60.7 Å². The van der Waals surface area contributed by atoms with E-state index >= 15 is 0 Å². The number of aliphatic hydroxyl groups is 1. The second-order valence-electron chi connectivity index (χ2n) is 8.35. The Morgan fingerprint density at radius 2 is 1.48 bits per heavy atom. The lowest BCUT2D eigenvalue weighted by Gasteiger charge is -2.38. The van der Waals surface area contributed by atoms with Crippen molar-refractivity contribution in [1.82, 2.24) is 10.4 Å².